The summed E-state index contributed by atoms with van der Waals surface area (Å²) in [4.78, 5) is 34.2. The lowest BCUT2D eigenvalue weighted by atomic mass is 10.1. The van der Waals surface area contributed by atoms with Crippen molar-refractivity contribution in [3.8, 4) is 6.07 Å². The van der Waals surface area contributed by atoms with Crippen LogP contribution in [0.5, 0.6) is 0 Å². The molecule has 5 rings (SSSR count). The summed E-state index contributed by atoms with van der Waals surface area (Å²) in [5.74, 6) is -0.0494. The topological polar surface area (TPSA) is 120 Å². The van der Waals surface area contributed by atoms with Gasteiger partial charge in [0.2, 0.25) is 5.95 Å². The Labute approximate surface area is 229 Å². The van der Waals surface area contributed by atoms with Gasteiger partial charge < -0.3 is 16.0 Å². The summed E-state index contributed by atoms with van der Waals surface area (Å²) in [6, 6.07) is 25.8. The number of nitrogens with zero attached hydrogens (tertiary/aromatic N) is 3. The number of rotatable bonds is 8. The van der Waals surface area contributed by atoms with E-state index in [4.69, 9.17) is 0 Å². The maximum Gasteiger partial charge on any atom is 0.255 e. The number of benzene rings is 3. The Balaban J connectivity index is 1.26. The summed E-state index contributed by atoms with van der Waals surface area (Å²) < 4.78 is 0. The molecule has 0 saturated carbocycles. The molecule has 1 aliphatic heterocycles. The van der Waals surface area contributed by atoms with E-state index in [9.17, 15) is 14.9 Å². The van der Waals surface area contributed by atoms with Crippen LogP contribution in [0.3, 0.4) is 0 Å². The lowest BCUT2D eigenvalue weighted by Crippen LogP contribution is -2.12. The lowest BCUT2D eigenvalue weighted by Gasteiger charge is -2.10. The van der Waals surface area contributed by atoms with Gasteiger partial charge in [-0.1, -0.05) is 42.6 Å². The van der Waals surface area contributed by atoms with Crippen molar-refractivity contribution in [3.63, 3.8) is 0 Å². The predicted octanol–water partition coefficient (Wildman–Crippen LogP) is 6.18. The van der Waals surface area contributed by atoms with Crippen LogP contribution in [0.2, 0.25) is 0 Å². The van der Waals surface area contributed by atoms with Crippen LogP contribution >= 0.6 is 11.8 Å². The highest BCUT2D eigenvalue weighted by Gasteiger charge is 2.21. The van der Waals surface area contributed by atoms with Crippen molar-refractivity contribution < 1.29 is 9.59 Å². The van der Waals surface area contributed by atoms with Crippen LogP contribution in [0.1, 0.15) is 21.6 Å². The monoisotopic (exact) mass is 530 g/mol. The van der Waals surface area contributed by atoms with E-state index in [2.05, 4.69) is 38.6 Å². The van der Waals surface area contributed by atoms with Gasteiger partial charge in [0.05, 0.1) is 16.4 Å². The molecule has 3 N–H and O–H groups in total. The smallest absolute Gasteiger partial charge is 0.255 e. The molecule has 0 unspecified atom stereocenters. The molecule has 0 saturated heterocycles. The van der Waals surface area contributed by atoms with Gasteiger partial charge >= 0.3 is 0 Å². The first kappa shape index (κ1) is 25.4. The van der Waals surface area contributed by atoms with Crippen molar-refractivity contribution in [1.82, 2.24) is 9.97 Å². The fourth-order valence-corrected chi connectivity index (χ4v) is 4.89. The van der Waals surface area contributed by atoms with Crippen molar-refractivity contribution >= 4 is 52.0 Å². The summed E-state index contributed by atoms with van der Waals surface area (Å²) in [6.07, 6.45) is 3.07. The zero-order chi connectivity index (χ0) is 27.2. The van der Waals surface area contributed by atoms with E-state index in [0.29, 0.717) is 34.2 Å². The molecule has 190 valence electrons. The van der Waals surface area contributed by atoms with E-state index >= 15 is 0 Å². The number of para-hydroxylation sites is 1. The van der Waals surface area contributed by atoms with Crippen LogP contribution < -0.4 is 16.0 Å². The number of carbonyl (C=O) groups is 2. The second-order valence-corrected chi connectivity index (χ2v) is 9.56. The van der Waals surface area contributed by atoms with Gasteiger partial charge in [0, 0.05) is 34.5 Å². The summed E-state index contributed by atoms with van der Waals surface area (Å²) >= 11 is 1.49. The normalized spacial score (nSPS) is 12.9. The molecule has 0 spiro atoms. The SMILES string of the molecule is C=CC(=O)Cc1cccc(C(=O)Nc2ccc(Nc3nccc(/C(C#N)=C4/Nc5ccccc5S4)n3)cc2)c1. The Morgan fingerprint density at radius 1 is 1.03 bits per heavy atom. The molecule has 1 aromatic heterocycles. The number of aromatic nitrogens is 2. The minimum Gasteiger partial charge on any atom is -0.348 e. The first-order chi connectivity index (χ1) is 19.0. The van der Waals surface area contributed by atoms with Gasteiger partial charge in [0.15, 0.2) is 5.78 Å². The number of amides is 1. The summed E-state index contributed by atoms with van der Waals surface area (Å²) in [6.45, 7) is 3.48. The first-order valence-electron chi connectivity index (χ1n) is 12.0. The van der Waals surface area contributed by atoms with Gasteiger partial charge in [-0.3, -0.25) is 9.59 Å². The van der Waals surface area contributed by atoms with E-state index in [1.165, 1.54) is 17.8 Å². The van der Waals surface area contributed by atoms with Crippen LogP contribution in [-0.2, 0) is 11.2 Å². The van der Waals surface area contributed by atoms with Gasteiger partial charge in [-0.25, -0.2) is 9.97 Å². The number of ketones is 1. The van der Waals surface area contributed by atoms with Crippen LogP contribution in [0.25, 0.3) is 5.57 Å². The van der Waals surface area contributed by atoms with Crippen LogP contribution in [0.4, 0.5) is 23.0 Å². The zero-order valence-corrected chi connectivity index (χ0v) is 21.5. The minimum atomic E-state index is -0.280. The third-order valence-corrected chi connectivity index (χ3v) is 6.88. The molecule has 4 aromatic rings. The Kier molecular flexibility index (Phi) is 7.48. The predicted molar refractivity (Wildman–Crippen MR) is 154 cm³/mol. The molecule has 3 aromatic carbocycles. The lowest BCUT2D eigenvalue weighted by molar-refractivity contribution is -0.114. The maximum absolute atomic E-state index is 12.7. The summed E-state index contributed by atoms with van der Waals surface area (Å²) in [7, 11) is 0. The van der Waals surface area contributed by atoms with E-state index in [1.807, 2.05) is 24.3 Å². The molecule has 9 heteroatoms. The number of hydrogen-bond donors (Lipinski definition) is 3. The van der Waals surface area contributed by atoms with Crippen molar-refractivity contribution in [1.29, 1.82) is 5.26 Å². The van der Waals surface area contributed by atoms with Gasteiger partial charge in [0.1, 0.15) is 11.6 Å². The number of hydrogen-bond acceptors (Lipinski definition) is 8. The number of allylic oxidation sites excluding steroid dienone is 2. The van der Waals surface area contributed by atoms with Crippen LogP contribution in [-0.4, -0.2) is 21.7 Å². The number of thioether (sulfide) groups is 1. The molecule has 1 aliphatic rings. The molecule has 2 heterocycles. The molecule has 0 bridgehead atoms. The highest BCUT2D eigenvalue weighted by atomic mass is 32.2. The quantitative estimate of drug-likeness (QED) is 0.182. The number of carbonyl (C=O) groups excluding carboxylic acids is 2. The Bertz CT molecular complexity index is 1630. The van der Waals surface area contributed by atoms with E-state index in [-0.39, 0.29) is 18.1 Å². The standard InChI is InChI=1S/C30H22N6O2S/c1-2-23(37)17-19-6-5-7-20(16-19)28(38)33-21-10-12-22(13-11-21)34-30-32-15-14-25(36-30)24(18-31)29-35-26-8-3-4-9-27(26)39-29/h2-16,35H,1,17H2,(H,33,38)(H,32,34,36)/b29-24-. The second-order valence-electron chi connectivity index (χ2n) is 8.51. The minimum absolute atomic E-state index is 0.106. The third kappa shape index (κ3) is 6.04. The van der Waals surface area contributed by atoms with E-state index in [1.54, 1.807) is 60.8 Å². The van der Waals surface area contributed by atoms with Crippen molar-refractivity contribution in [2.45, 2.75) is 11.3 Å². The van der Waals surface area contributed by atoms with Gasteiger partial charge in [-0.2, -0.15) is 5.26 Å². The number of nitriles is 1. The summed E-state index contributed by atoms with van der Waals surface area (Å²) in [5.41, 5.74) is 4.40. The van der Waals surface area contributed by atoms with Gasteiger partial charge in [-0.05, 0) is 66.2 Å². The number of anilines is 4. The Morgan fingerprint density at radius 2 is 1.82 bits per heavy atom. The number of fused-ring (bicyclic) bond motifs is 1. The molecule has 1 amide bonds. The molecule has 0 aliphatic carbocycles. The van der Waals surface area contributed by atoms with Crippen molar-refractivity contribution in [2.24, 2.45) is 0 Å². The van der Waals surface area contributed by atoms with Gasteiger partial charge in [-0.15, -0.1) is 0 Å². The fraction of sp³-hybridized carbons (Fsp3) is 0.0333. The second kappa shape index (κ2) is 11.5. The Hall–Kier alpha value is -5.20. The fourth-order valence-electron chi connectivity index (χ4n) is 3.88. The molecular formula is C30H22N6O2S. The first-order valence-corrected chi connectivity index (χ1v) is 12.8. The van der Waals surface area contributed by atoms with Crippen LogP contribution in [0, 0.1) is 11.3 Å². The molecule has 0 radical (unpaired) electrons. The highest BCUT2D eigenvalue weighted by Crippen LogP contribution is 2.43. The van der Waals surface area contributed by atoms with Crippen molar-refractivity contribution in [2.75, 3.05) is 16.0 Å². The molecule has 8 nitrogen and oxygen atoms in total. The molecule has 0 fully saturated rings. The third-order valence-electron chi connectivity index (χ3n) is 5.79. The average Bonchev–Trinajstić information content (AvgIpc) is 3.38. The molecular weight excluding hydrogens is 508 g/mol. The average molecular weight is 531 g/mol. The number of nitrogens with one attached hydrogen (secondary N) is 3. The maximum atomic E-state index is 12.7. The highest BCUT2D eigenvalue weighted by molar-refractivity contribution is 8.04. The Morgan fingerprint density at radius 3 is 2.59 bits per heavy atom. The van der Waals surface area contributed by atoms with Gasteiger partial charge in [0.25, 0.3) is 5.91 Å². The molecule has 39 heavy (non-hydrogen) atoms. The molecule has 0 atom stereocenters. The van der Waals surface area contributed by atoms with E-state index < -0.39 is 0 Å². The van der Waals surface area contributed by atoms with E-state index in [0.717, 1.165) is 21.2 Å². The summed E-state index contributed by atoms with van der Waals surface area (Å²) in [5, 5.41) is 19.9. The van der Waals surface area contributed by atoms with Crippen LogP contribution in [0.15, 0.2) is 108 Å². The van der Waals surface area contributed by atoms with Crippen molar-refractivity contribution in [3.05, 3.63) is 120 Å². The zero-order valence-electron chi connectivity index (χ0n) is 20.6. The largest absolute Gasteiger partial charge is 0.348 e.